The summed E-state index contributed by atoms with van der Waals surface area (Å²) in [4.78, 5) is 7.62. The number of nitrogens with one attached hydrogen (secondary N) is 2. The third-order valence-corrected chi connectivity index (χ3v) is 3.87. The molecule has 2 rings (SSSR count). The average Bonchev–Trinajstić information content (AvgIpc) is 2.89. The lowest BCUT2D eigenvalue weighted by Crippen LogP contribution is -2.28. The number of aromatic nitrogens is 5. The average molecular weight is 271 g/mol. The van der Waals surface area contributed by atoms with Gasteiger partial charge in [-0.1, -0.05) is 0 Å². The van der Waals surface area contributed by atoms with Gasteiger partial charge in [0.05, 0.1) is 6.33 Å². The van der Waals surface area contributed by atoms with Gasteiger partial charge in [0.15, 0.2) is 10.8 Å². The van der Waals surface area contributed by atoms with Crippen LogP contribution in [0.2, 0.25) is 0 Å². The van der Waals surface area contributed by atoms with Gasteiger partial charge in [0.1, 0.15) is 12.2 Å². The number of aryl methyl sites for hydroxylation is 1. The van der Waals surface area contributed by atoms with E-state index in [0.717, 1.165) is 0 Å². The maximum atomic E-state index is 12.0. The minimum atomic E-state index is -3.67. The number of nitrogens with zero attached hydrogens (tertiary/aromatic N) is 4. The van der Waals surface area contributed by atoms with Crippen molar-refractivity contribution >= 4 is 15.8 Å². The van der Waals surface area contributed by atoms with Crippen LogP contribution in [0.25, 0.3) is 0 Å². The Balaban J connectivity index is 2.04. The van der Waals surface area contributed by atoms with E-state index in [0.29, 0.717) is 12.2 Å². The van der Waals surface area contributed by atoms with E-state index < -0.39 is 10.0 Å². The van der Waals surface area contributed by atoms with Crippen LogP contribution in [-0.4, -0.2) is 39.7 Å². The van der Waals surface area contributed by atoms with E-state index in [1.54, 1.807) is 7.05 Å². The smallest absolute Gasteiger partial charge is 0.260 e. The number of imidazole rings is 1. The number of anilines is 1. The van der Waals surface area contributed by atoms with Gasteiger partial charge < -0.3 is 10.3 Å². The minimum Gasteiger partial charge on any atom is -0.381 e. The van der Waals surface area contributed by atoms with E-state index in [2.05, 4.69) is 24.9 Å². The van der Waals surface area contributed by atoms with Gasteiger partial charge in [0.25, 0.3) is 10.0 Å². The zero-order chi connectivity index (χ0) is 13.2. The summed E-state index contributed by atoms with van der Waals surface area (Å²) in [5, 5.41) is 6.27. The molecule has 0 fully saturated rings. The summed E-state index contributed by atoms with van der Waals surface area (Å²) in [5.74, 6) is 0.584. The van der Waals surface area contributed by atoms with Crippen molar-refractivity contribution in [3.05, 3.63) is 18.5 Å². The number of hydrogen-bond acceptors (Lipinski definition) is 6. The number of rotatable bonds is 5. The Morgan fingerprint density at radius 2 is 2.28 bits per heavy atom. The van der Waals surface area contributed by atoms with E-state index in [4.69, 9.17) is 5.73 Å². The molecule has 0 atom stereocenters. The lowest BCUT2D eigenvalue weighted by atomic mass is 10.4. The second-order valence-electron chi connectivity index (χ2n) is 3.63. The number of hydrogen-bond donors (Lipinski definition) is 3. The van der Waals surface area contributed by atoms with Gasteiger partial charge in [-0.2, -0.15) is 5.10 Å². The third-order valence-electron chi connectivity index (χ3n) is 2.28. The van der Waals surface area contributed by atoms with E-state index >= 15 is 0 Å². The molecule has 2 heterocycles. The summed E-state index contributed by atoms with van der Waals surface area (Å²) < 4.78 is 27.7. The highest BCUT2D eigenvalue weighted by Gasteiger charge is 2.21. The maximum absolute atomic E-state index is 12.0. The fourth-order valence-corrected chi connectivity index (χ4v) is 2.75. The summed E-state index contributed by atoms with van der Waals surface area (Å²) in [6, 6.07) is 0. The van der Waals surface area contributed by atoms with Crippen LogP contribution in [-0.2, 0) is 23.5 Å². The van der Waals surface area contributed by atoms with Gasteiger partial charge in [-0.25, -0.2) is 23.1 Å². The molecule has 0 aliphatic carbocycles. The van der Waals surface area contributed by atoms with Crippen LogP contribution in [0.1, 0.15) is 5.82 Å². The van der Waals surface area contributed by atoms with Crippen molar-refractivity contribution in [1.82, 2.24) is 29.5 Å². The Kier molecular flexibility index (Phi) is 3.30. The van der Waals surface area contributed by atoms with Crippen LogP contribution in [0.15, 0.2) is 17.7 Å². The molecule has 0 amide bonds. The van der Waals surface area contributed by atoms with Gasteiger partial charge in [-0.05, 0) is 0 Å². The molecule has 0 bridgehead atoms. The van der Waals surface area contributed by atoms with Crippen molar-refractivity contribution in [2.24, 2.45) is 7.05 Å². The normalized spacial score (nSPS) is 11.8. The number of H-pyrrole nitrogens is 1. The molecule has 0 unspecified atom stereocenters. The van der Waals surface area contributed by atoms with Crippen molar-refractivity contribution in [2.75, 3.05) is 12.3 Å². The van der Waals surface area contributed by atoms with Crippen molar-refractivity contribution in [1.29, 1.82) is 0 Å². The van der Waals surface area contributed by atoms with Crippen molar-refractivity contribution < 1.29 is 8.42 Å². The molecule has 0 saturated carbocycles. The largest absolute Gasteiger partial charge is 0.381 e. The SMILES string of the molecule is Cn1cnc(N)c1S(=O)(=O)NCCc1ncn[nH]1. The fraction of sp³-hybridized carbons (Fsp3) is 0.375. The second kappa shape index (κ2) is 4.74. The summed E-state index contributed by atoms with van der Waals surface area (Å²) in [5.41, 5.74) is 5.51. The van der Waals surface area contributed by atoms with Crippen molar-refractivity contribution in [3.63, 3.8) is 0 Å². The first-order valence-corrected chi connectivity index (χ1v) is 6.59. The maximum Gasteiger partial charge on any atom is 0.260 e. The first-order valence-electron chi connectivity index (χ1n) is 5.11. The monoisotopic (exact) mass is 271 g/mol. The second-order valence-corrected chi connectivity index (χ2v) is 5.31. The zero-order valence-electron chi connectivity index (χ0n) is 9.66. The molecule has 0 spiro atoms. The molecule has 0 radical (unpaired) electrons. The standard InChI is InChI=1S/C8H13N7O2S/c1-15-5-11-7(9)8(15)18(16,17)13-3-2-6-10-4-12-14-6/h4-5,13H,2-3,9H2,1H3,(H,10,12,14). The summed E-state index contributed by atoms with van der Waals surface area (Å²) in [7, 11) is -2.10. The molecule has 18 heavy (non-hydrogen) atoms. The first-order chi connectivity index (χ1) is 8.50. The molecule has 10 heteroatoms. The van der Waals surface area contributed by atoms with Crippen molar-refractivity contribution in [2.45, 2.75) is 11.4 Å². The van der Waals surface area contributed by atoms with E-state index in [1.807, 2.05) is 0 Å². The summed E-state index contributed by atoms with van der Waals surface area (Å²) >= 11 is 0. The highest BCUT2D eigenvalue weighted by molar-refractivity contribution is 7.89. The molecule has 0 aliphatic heterocycles. The molecule has 0 aromatic carbocycles. The Morgan fingerprint density at radius 3 is 2.83 bits per heavy atom. The van der Waals surface area contributed by atoms with Crippen LogP contribution >= 0.6 is 0 Å². The van der Waals surface area contributed by atoms with Crippen LogP contribution in [0.3, 0.4) is 0 Å². The molecule has 9 nitrogen and oxygen atoms in total. The molecule has 0 aliphatic rings. The van der Waals surface area contributed by atoms with Gasteiger partial charge in [0, 0.05) is 20.0 Å². The molecule has 4 N–H and O–H groups in total. The quantitative estimate of drug-likeness (QED) is 0.615. The Bertz CT molecular complexity index is 596. The first kappa shape index (κ1) is 12.5. The Labute approximate surface area is 103 Å². The molecular formula is C8H13N7O2S. The number of sulfonamides is 1. The zero-order valence-corrected chi connectivity index (χ0v) is 10.5. The van der Waals surface area contributed by atoms with Crippen LogP contribution in [0.4, 0.5) is 5.82 Å². The molecule has 0 saturated heterocycles. The number of nitrogen functional groups attached to an aromatic ring is 1. The lowest BCUT2D eigenvalue weighted by Gasteiger charge is -2.06. The van der Waals surface area contributed by atoms with Crippen LogP contribution < -0.4 is 10.5 Å². The topological polar surface area (TPSA) is 132 Å². The number of nitrogens with two attached hydrogens (primary N) is 1. The minimum absolute atomic E-state index is 0.0235. The molecule has 98 valence electrons. The van der Waals surface area contributed by atoms with Crippen LogP contribution in [0.5, 0.6) is 0 Å². The molecule has 2 aromatic heterocycles. The van der Waals surface area contributed by atoms with Gasteiger partial charge in [-0.15, -0.1) is 0 Å². The highest BCUT2D eigenvalue weighted by atomic mass is 32.2. The fourth-order valence-electron chi connectivity index (χ4n) is 1.49. The summed E-state index contributed by atoms with van der Waals surface area (Å²) in [6.07, 6.45) is 3.13. The van der Waals surface area contributed by atoms with E-state index in [1.165, 1.54) is 17.2 Å². The van der Waals surface area contributed by atoms with Gasteiger partial charge >= 0.3 is 0 Å². The van der Waals surface area contributed by atoms with Gasteiger partial charge in [0.2, 0.25) is 0 Å². The Morgan fingerprint density at radius 1 is 1.50 bits per heavy atom. The van der Waals surface area contributed by atoms with Crippen LogP contribution in [0, 0.1) is 0 Å². The summed E-state index contributed by atoms with van der Waals surface area (Å²) in [6.45, 7) is 0.197. The van der Waals surface area contributed by atoms with E-state index in [-0.39, 0.29) is 17.4 Å². The highest BCUT2D eigenvalue weighted by Crippen LogP contribution is 2.14. The molecular weight excluding hydrogens is 258 g/mol. The van der Waals surface area contributed by atoms with Crippen molar-refractivity contribution in [3.8, 4) is 0 Å². The number of aromatic amines is 1. The Hall–Kier alpha value is -1.94. The predicted octanol–water partition coefficient (Wildman–Crippen LogP) is -1.36. The predicted molar refractivity (Wildman–Crippen MR) is 62.9 cm³/mol. The van der Waals surface area contributed by atoms with E-state index in [9.17, 15) is 8.42 Å². The molecule has 2 aromatic rings. The lowest BCUT2D eigenvalue weighted by molar-refractivity contribution is 0.571. The third kappa shape index (κ3) is 2.49. The van der Waals surface area contributed by atoms with Gasteiger partial charge in [-0.3, -0.25) is 5.10 Å².